The third-order valence-corrected chi connectivity index (χ3v) is 5.40. The summed E-state index contributed by atoms with van der Waals surface area (Å²) in [4.78, 5) is 24.5. The first-order valence-electron chi connectivity index (χ1n) is 8.88. The second-order valence-electron chi connectivity index (χ2n) is 6.43. The zero-order chi connectivity index (χ0) is 21.8. The summed E-state index contributed by atoms with van der Waals surface area (Å²) in [6.45, 7) is 4.99. The molecule has 0 aliphatic carbocycles. The van der Waals surface area contributed by atoms with Gasteiger partial charge in [-0.2, -0.15) is 0 Å². The van der Waals surface area contributed by atoms with Gasteiger partial charge in [0, 0.05) is 5.69 Å². The van der Waals surface area contributed by atoms with Crippen molar-refractivity contribution in [2.75, 3.05) is 22.5 Å². The highest BCUT2D eigenvalue weighted by Gasteiger charge is 2.31. The normalized spacial score (nSPS) is 12.2. The number of anilines is 2. The fourth-order valence-corrected chi connectivity index (χ4v) is 3.97. The number of para-hydroxylation sites is 1. The van der Waals surface area contributed by atoms with Crippen LogP contribution in [0.25, 0.3) is 0 Å². The summed E-state index contributed by atoms with van der Waals surface area (Å²) < 4.78 is 44.4. The first kappa shape index (κ1) is 22.4. The van der Waals surface area contributed by atoms with E-state index in [0.717, 1.165) is 16.6 Å². The Bertz CT molecular complexity index is 1020. The van der Waals surface area contributed by atoms with E-state index < -0.39 is 33.8 Å². The average Bonchev–Trinajstić information content (AvgIpc) is 2.64. The van der Waals surface area contributed by atoms with E-state index >= 15 is 0 Å². The summed E-state index contributed by atoms with van der Waals surface area (Å²) in [6.07, 6.45) is 0.905. The molecule has 0 radical (unpaired) electrons. The molecule has 0 saturated heterocycles. The fourth-order valence-electron chi connectivity index (χ4n) is 2.79. The van der Waals surface area contributed by atoms with E-state index in [1.165, 1.54) is 37.3 Å². The molecule has 0 aromatic heterocycles. The number of carbonyl (C=O) groups excluding carboxylic acids is 2. The zero-order valence-electron chi connectivity index (χ0n) is 16.6. The number of amides is 1. The molecule has 2 aromatic carbocycles. The number of rotatable bonds is 7. The van der Waals surface area contributed by atoms with Crippen LogP contribution in [-0.2, 0) is 19.6 Å². The number of nitrogens with zero attached hydrogens (tertiary/aromatic N) is 1. The van der Waals surface area contributed by atoms with Gasteiger partial charge in [0.1, 0.15) is 11.9 Å². The maximum absolute atomic E-state index is 14.2. The molecule has 9 heteroatoms. The molecule has 0 spiro atoms. The molecule has 1 N–H and O–H groups in total. The summed E-state index contributed by atoms with van der Waals surface area (Å²) in [6, 6.07) is 8.69. The van der Waals surface area contributed by atoms with Gasteiger partial charge in [0.25, 0.3) is 0 Å². The Morgan fingerprint density at radius 1 is 1.21 bits per heavy atom. The van der Waals surface area contributed by atoms with Crippen molar-refractivity contribution < 1.29 is 27.1 Å². The van der Waals surface area contributed by atoms with Crippen molar-refractivity contribution in [3.8, 4) is 0 Å². The Labute approximate surface area is 169 Å². The Morgan fingerprint density at radius 2 is 1.86 bits per heavy atom. The molecule has 1 amide bonds. The number of benzene rings is 2. The van der Waals surface area contributed by atoms with E-state index in [-0.39, 0.29) is 12.3 Å². The molecule has 0 aliphatic heterocycles. The Kier molecular flexibility index (Phi) is 6.97. The summed E-state index contributed by atoms with van der Waals surface area (Å²) in [5.41, 5.74) is 1.11. The predicted octanol–water partition coefficient (Wildman–Crippen LogP) is 3.10. The van der Waals surface area contributed by atoms with Gasteiger partial charge in [0.2, 0.25) is 15.9 Å². The van der Waals surface area contributed by atoms with E-state index in [4.69, 9.17) is 4.74 Å². The Morgan fingerprint density at radius 3 is 2.41 bits per heavy atom. The molecule has 0 saturated carbocycles. The van der Waals surface area contributed by atoms with Crippen LogP contribution in [0.5, 0.6) is 0 Å². The summed E-state index contributed by atoms with van der Waals surface area (Å²) in [5.74, 6) is -1.89. The van der Waals surface area contributed by atoms with Crippen LogP contribution in [0.15, 0.2) is 42.5 Å². The van der Waals surface area contributed by atoms with Crippen LogP contribution in [0.4, 0.5) is 15.8 Å². The zero-order valence-corrected chi connectivity index (χ0v) is 17.4. The van der Waals surface area contributed by atoms with Crippen molar-refractivity contribution in [2.24, 2.45) is 0 Å². The molecule has 2 aromatic rings. The van der Waals surface area contributed by atoms with Crippen LogP contribution < -0.4 is 9.62 Å². The predicted molar refractivity (Wildman–Crippen MR) is 109 cm³/mol. The minimum atomic E-state index is -3.94. The minimum Gasteiger partial charge on any atom is -0.462 e. The SMILES string of the molecule is CCOC(=O)c1ccc(NC(=O)C(C)N(c2ccccc2F)S(C)(=O)=O)c(C)c1. The topological polar surface area (TPSA) is 92.8 Å². The van der Waals surface area contributed by atoms with Gasteiger partial charge in [-0.3, -0.25) is 9.10 Å². The maximum atomic E-state index is 14.2. The molecule has 1 unspecified atom stereocenters. The average molecular weight is 422 g/mol. The highest BCUT2D eigenvalue weighted by molar-refractivity contribution is 7.92. The van der Waals surface area contributed by atoms with Crippen molar-refractivity contribution in [1.82, 2.24) is 0 Å². The number of halogens is 1. The minimum absolute atomic E-state index is 0.216. The standard InChI is InChI=1S/C20H23FN2O5S/c1-5-28-20(25)15-10-11-17(13(2)12-15)22-19(24)14(3)23(29(4,26)27)18-9-7-6-8-16(18)21/h6-12,14H,5H2,1-4H3,(H,22,24). The quantitative estimate of drug-likeness (QED) is 0.692. The summed E-state index contributed by atoms with van der Waals surface area (Å²) in [5, 5.41) is 2.63. The lowest BCUT2D eigenvalue weighted by molar-refractivity contribution is -0.116. The highest BCUT2D eigenvalue weighted by atomic mass is 32.2. The van der Waals surface area contributed by atoms with Crippen LogP contribution >= 0.6 is 0 Å². The monoisotopic (exact) mass is 422 g/mol. The van der Waals surface area contributed by atoms with Gasteiger partial charge in [-0.25, -0.2) is 17.6 Å². The van der Waals surface area contributed by atoms with E-state index in [0.29, 0.717) is 16.8 Å². The number of carbonyl (C=O) groups is 2. The molecular formula is C20H23FN2O5S. The lowest BCUT2D eigenvalue weighted by Crippen LogP contribution is -2.45. The van der Waals surface area contributed by atoms with Crippen LogP contribution in [0.3, 0.4) is 0 Å². The third kappa shape index (κ3) is 5.32. The van der Waals surface area contributed by atoms with Gasteiger partial charge in [0.15, 0.2) is 0 Å². The van der Waals surface area contributed by atoms with Crippen LogP contribution in [-0.4, -0.2) is 39.2 Å². The van der Waals surface area contributed by atoms with Crippen LogP contribution in [0, 0.1) is 12.7 Å². The molecule has 2 rings (SSSR count). The number of esters is 1. The fraction of sp³-hybridized carbons (Fsp3) is 0.300. The Hall–Kier alpha value is -2.94. The molecule has 0 aliphatic rings. The lowest BCUT2D eigenvalue weighted by Gasteiger charge is -2.28. The third-order valence-electron chi connectivity index (χ3n) is 4.17. The number of sulfonamides is 1. The van der Waals surface area contributed by atoms with E-state index in [1.54, 1.807) is 19.9 Å². The van der Waals surface area contributed by atoms with Crippen molar-refractivity contribution in [3.63, 3.8) is 0 Å². The number of ether oxygens (including phenoxy) is 1. The van der Waals surface area contributed by atoms with Crippen molar-refractivity contribution in [2.45, 2.75) is 26.8 Å². The van der Waals surface area contributed by atoms with E-state index in [1.807, 2.05) is 0 Å². The van der Waals surface area contributed by atoms with Gasteiger partial charge >= 0.3 is 5.97 Å². The first-order valence-corrected chi connectivity index (χ1v) is 10.7. The first-order chi connectivity index (χ1) is 13.6. The van der Waals surface area contributed by atoms with Gasteiger partial charge in [0.05, 0.1) is 24.1 Å². The molecule has 29 heavy (non-hydrogen) atoms. The van der Waals surface area contributed by atoms with Gasteiger partial charge in [-0.05, 0) is 56.7 Å². The number of hydrogen-bond acceptors (Lipinski definition) is 5. The summed E-state index contributed by atoms with van der Waals surface area (Å²) in [7, 11) is -3.94. The lowest BCUT2D eigenvalue weighted by atomic mass is 10.1. The van der Waals surface area contributed by atoms with E-state index in [9.17, 15) is 22.4 Å². The Balaban J connectivity index is 2.29. The number of hydrogen-bond donors (Lipinski definition) is 1. The van der Waals surface area contributed by atoms with Crippen molar-refractivity contribution >= 4 is 33.3 Å². The molecule has 7 nitrogen and oxygen atoms in total. The van der Waals surface area contributed by atoms with Gasteiger partial charge < -0.3 is 10.1 Å². The molecule has 0 fully saturated rings. The molecule has 0 heterocycles. The molecular weight excluding hydrogens is 399 g/mol. The smallest absolute Gasteiger partial charge is 0.338 e. The van der Waals surface area contributed by atoms with Gasteiger partial charge in [-0.1, -0.05) is 12.1 Å². The van der Waals surface area contributed by atoms with Crippen molar-refractivity contribution in [1.29, 1.82) is 0 Å². The second-order valence-corrected chi connectivity index (χ2v) is 8.29. The van der Waals surface area contributed by atoms with Crippen LogP contribution in [0.2, 0.25) is 0 Å². The second kappa shape index (κ2) is 9.04. The van der Waals surface area contributed by atoms with Crippen LogP contribution in [0.1, 0.15) is 29.8 Å². The van der Waals surface area contributed by atoms with E-state index in [2.05, 4.69) is 5.32 Å². The van der Waals surface area contributed by atoms with Gasteiger partial charge in [-0.15, -0.1) is 0 Å². The highest BCUT2D eigenvalue weighted by Crippen LogP contribution is 2.25. The maximum Gasteiger partial charge on any atom is 0.338 e. The number of nitrogens with one attached hydrogen (secondary N) is 1. The molecule has 1 atom stereocenters. The number of aryl methyl sites for hydroxylation is 1. The van der Waals surface area contributed by atoms with Crippen molar-refractivity contribution in [3.05, 3.63) is 59.4 Å². The molecule has 0 bridgehead atoms. The summed E-state index contributed by atoms with van der Waals surface area (Å²) >= 11 is 0. The molecule has 156 valence electrons. The largest absolute Gasteiger partial charge is 0.462 e.